The second-order valence-electron chi connectivity index (χ2n) is 7.93. The maximum Gasteiger partial charge on any atom is 0.163 e. The first-order valence-corrected chi connectivity index (χ1v) is 9.11. The number of hydrogen-bond donors (Lipinski definition) is 1. The van der Waals surface area contributed by atoms with E-state index in [1.807, 2.05) is 18.2 Å². The SMILES string of the molecule is COc1ccc(OC)c([C@@H]2C3=C(CC(C)(C)CC3=O)Nc3c(C#N)cnn32)c1. The second kappa shape index (κ2) is 6.41. The van der Waals surface area contributed by atoms with Crippen molar-refractivity contribution in [2.75, 3.05) is 19.5 Å². The van der Waals surface area contributed by atoms with Crippen LogP contribution in [-0.4, -0.2) is 29.8 Å². The molecule has 7 heteroatoms. The molecule has 2 heterocycles. The Morgan fingerprint density at radius 3 is 2.75 bits per heavy atom. The van der Waals surface area contributed by atoms with Gasteiger partial charge in [0.1, 0.15) is 35.0 Å². The number of allylic oxidation sites excluding steroid dienone is 2. The van der Waals surface area contributed by atoms with Crippen LogP contribution in [0.2, 0.25) is 0 Å². The maximum atomic E-state index is 13.2. The summed E-state index contributed by atoms with van der Waals surface area (Å²) >= 11 is 0. The summed E-state index contributed by atoms with van der Waals surface area (Å²) < 4.78 is 12.7. The highest BCUT2D eigenvalue weighted by Crippen LogP contribution is 2.48. The average Bonchev–Trinajstić information content (AvgIpc) is 3.07. The van der Waals surface area contributed by atoms with Gasteiger partial charge < -0.3 is 14.8 Å². The van der Waals surface area contributed by atoms with Crippen LogP contribution in [0.4, 0.5) is 5.82 Å². The predicted molar refractivity (Wildman–Crippen MR) is 103 cm³/mol. The quantitative estimate of drug-likeness (QED) is 0.880. The van der Waals surface area contributed by atoms with Gasteiger partial charge in [0.05, 0.1) is 20.4 Å². The van der Waals surface area contributed by atoms with Gasteiger partial charge in [-0.15, -0.1) is 0 Å². The van der Waals surface area contributed by atoms with E-state index in [-0.39, 0.29) is 11.2 Å². The van der Waals surface area contributed by atoms with Crippen LogP contribution in [-0.2, 0) is 4.79 Å². The third-order valence-corrected chi connectivity index (χ3v) is 5.35. The van der Waals surface area contributed by atoms with Gasteiger partial charge in [0.2, 0.25) is 0 Å². The van der Waals surface area contributed by atoms with Crippen LogP contribution < -0.4 is 14.8 Å². The van der Waals surface area contributed by atoms with Crippen LogP contribution in [0.3, 0.4) is 0 Å². The largest absolute Gasteiger partial charge is 0.497 e. The molecule has 4 rings (SSSR count). The minimum Gasteiger partial charge on any atom is -0.497 e. The fraction of sp³-hybridized carbons (Fsp3) is 0.381. The van der Waals surface area contributed by atoms with E-state index in [1.165, 1.54) is 6.20 Å². The number of rotatable bonds is 3. The molecule has 144 valence electrons. The first-order valence-electron chi connectivity index (χ1n) is 9.11. The zero-order valence-corrected chi connectivity index (χ0v) is 16.4. The van der Waals surface area contributed by atoms with Gasteiger partial charge in [-0.05, 0) is 30.0 Å². The van der Waals surface area contributed by atoms with Crippen LogP contribution in [0.5, 0.6) is 11.5 Å². The van der Waals surface area contributed by atoms with E-state index in [9.17, 15) is 10.1 Å². The van der Waals surface area contributed by atoms with E-state index < -0.39 is 6.04 Å². The molecule has 1 atom stereocenters. The molecule has 0 fully saturated rings. The minimum atomic E-state index is -0.484. The summed E-state index contributed by atoms with van der Waals surface area (Å²) in [6.45, 7) is 4.16. The highest BCUT2D eigenvalue weighted by molar-refractivity contribution is 6.00. The third kappa shape index (κ3) is 2.73. The van der Waals surface area contributed by atoms with Crippen molar-refractivity contribution in [2.24, 2.45) is 5.41 Å². The van der Waals surface area contributed by atoms with E-state index in [4.69, 9.17) is 9.47 Å². The fourth-order valence-corrected chi connectivity index (χ4v) is 4.13. The number of ether oxygens (including phenoxy) is 2. The van der Waals surface area contributed by atoms with Crippen LogP contribution >= 0.6 is 0 Å². The van der Waals surface area contributed by atoms with Gasteiger partial charge in [0.25, 0.3) is 0 Å². The normalized spacial score (nSPS) is 20.0. The molecule has 1 aliphatic heterocycles. The zero-order chi connectivity index (χ0) is 20.1. The summed E-state index contributed by atoms with van der Waals surface area (Å²) in [4.78, 5) is 13.2. The monoisotopic (exact) mass is 378 g/mol. The maximum absolute atomic E-state index is 13.2. The Bertz CT molecular complexity index is 1040. The first-order chi connectivity index (χ1) is 13.4. The highest BCUT2D eigenvalue weighted by Gasteiger charge is 2.42. The fourth-order valence-electron chi connectivity index (χ4n) is 4.13. The lowest BCUT2D eigenvalue weighted by Crippen LogP contribution is -2.36. The molecule has 7 nitrogen and oxygen atoms in total. The number of fused-ring (bicyclic) bond motifs is 1. The van der Waals surface area contributed by atoms with E-state index in [2.05, 4.69) is 30.3 Å². The van der Waals surface area contributed by atoms with Gasteiger partial charge in [-0.3, -0.25) is 4.79 Å². The third-order valence-electron chi connectivity index (χ3n) is 5.35. The van der Waals surface area contributed by atoms with Gasteiger partial charge in [-0.2, -0.15) is 10.4 Å². The van der Waals surface area contributed by atoms with Crippen molar-refractivity contribution in [2.45, 2.75) is 32.7 Å². The highest BCUT2D eigenvalue weighted by atomic mass is 16.5. The van der Waals surface area contributed by atoms with Gasteiger partial charge in [-0.1, -0.05) is 13.8 Å². The molecule has 2 aliphatic rings. The molecular weight excluding hydrogens is 356 g/mol. The minimum absolute atomic E-state index is 0.0771. The van der Waals surface area contributed by atoms with E-state index in [0.717, 1.165) is 11.3 Å². The topological polar surface area (TPSA) is 89.2 Å². The van der Waals surface area contributed by atoms with E-state index in [0.29, 0.717) is 41.3 Å². The summed E-state index contributed by atoms with van der Waals surface area (Å²) in [6.07, 6.45) is 2.70. The smallest absolute Gasteiger partial charge is 0.163 e. The lowest BCUT2D eigenvalue weighted by atomic mass is 9.73. The number of nitriles is 1. The molecular formula is C21H22N4O3. The van der Waals surface area contributed by atoms with Crippen molar-refractivity contribution < 1.29 is 14.3 Å². The molecule has 0 amide bonds. The molecule has 0 bridgehead atoms. The summed E-state index contributed by atoms with van der Waals surface area (Å²) in [5.41, 5.74) is 2.58. The summed E-state index contributed by atoms with van der Waals surface area (Å²) in [7, 11) is 3.19. The van der Waals surface area contributed by atoms with Crippen molar-refractivity contribution >= 4 is 11.6 Å². The van der Waals surface area contributed by atoms with Crippen molar-refractivity contribution in [3.05, 3.63) is 46.8 Å². The Morgan fingerprint density at radius 1 is 1.29 bits per heavy atom. The molecule has 0 spiro atoms. The summed E-state index contributed by atoms with van der Waals surface area (Å²) in [5, 5.41) is 17.2. The molecule has 1 aromatic carbocycles. The van der Waals surface area contributed by atoms with E-state index >= 15 is 0 Å². The van der Waals surface area contributed by atoms with Crippen LogP contribution in [0.15, 0.2) is 35.7 Å². The molecule has 0 radical (unpaired) electrons. The molecule has 0 saturated carbocycles. The number of ketones is 1. The number of Topliss-reactive ketones (excluding diaryl/α,β-unsaturated/α-hetero) is 1. The number of methoxy groups -OCH3 is 2. The lowest BCUT2D eigenvalue weighted by Gasteiger charge is -2.39. The Hall–Kier alpha value is -3.27. The van der Waals surface area contributed by atoms with Gasteiger partial charge in [-0.25, -0.2) is 4.68 Å². The first kappa shape index (κ1) is 18.1. The number of nitrogens with one attached hydrogen (secondary N) is 1. The number of carbonyl (C=O) groups is 1. The number of aromatic nitrogens is 2. The number of nitrogens with zero attached hydrogens (tertiary/aromatic N) is 3. The van der Waals surface area contributed by atoms with Crippen molar-refractivity contribution in [3.8, 4) is 17.6 Å². The molecule has 1 aliphatic carbocycles. The van der Waals surface area contributed by atoms with Crippen molar-refractivity contribution in [3.63, 3.8) is 0 Å². The summed E-state index contributed by atoms with van der Waals surface area (Å²) in [6, 6.07) is 7.19. The van der Waals surface area contributed by atoms with Crippen molar-refractivity contribution in [1.82, 2.24) is 9.78 Å². The van der Waals surface area contributed by atoms with Gasteiger partial charge in [0.15, 0.2) is 5.78 Å². The number of anilines is 1. The molecule has 28 heavy (non-hydrogen) atoms. The molecule has 1 N–H and O–H groups in total. The van der Waals surface area contributed by atoms with Crippen LogP contribution in [0.25, 0.3) is 0 Å². The van der Waals surface area contributed by atoms with Crippen molar-refractivity contribution in [1.29, 1.82) is 5.26 Å². The number of hydrogen-bond acceptors (Lipinski definition) is 6. The predicted octanol–water partition coefficient (Wildman–Crippen LogP) is 3.43. The summed E-state index contributed by atoms with van der Waals surface area (Å²) in [5.74, 6) is 1.97. The lowest BCUT2D eigenvalue weighted by molar-refractivity contribution is -0.118. The Balaban J connectivity index is 1.99. The van der Waals surface area contributed by atoms with Crippen LogP contribution in [0, 0.1) is 16.7 Å². The number of benzene rings is 1. The Labute approximate surface area is 163 Å². The molecule has 2 aromatic rings. The molecule has 1 aromatic heterocycles. The average molecular weight is 378 g/mol. The Kier molecular flexibility index (Phi) is 4.15. The second-order valence-corrected chi connectivity index (χ2v) is 7.93. The van der Waals surface area contributed by atoms with E-state index in [1.54, 1.807) is 18.9 Å². The van der Waals surface area contributed by atoms with Gasteiger partial charge in [0, 0.05) is 23.3 Å². The standard InChI is InChI=1S/C21H22N4O3/c1-21(2)8-15-18(16(26)9-21)19(25-20(24-15)12(10-22)11-23-25)14-7-13(27-3)5-6-17(14)28-4/h5-7,11,19,24H,8-9H2,1-4H3/t19-/m1/s1. The van der Waals surface area contributed by atoms with Gasteiger partial charge >= 0.3 is 0 Å². The zero-order valence-electron chi connectivity index (χ0n) is 16.4. The van der Waals surface area contributed by atoms with Crippen LogP contribution in [0.1, 0.15) is 43.9 Å². The Morgan fingerprint density at radius 2 is 2.07 bits per heavy atom. The molecule has 0 unspecified atom stereocenters. The molecule has 0 saturated heterocycles. The number of carbonyl (C=O) groups excluding carboxylic acids is 1.